The number of benzene rings is 1. The molecule has 20 heavy (non-hydrogen) atoms. The molecule has 0 fully saturated rings. The van der Waals surface area contributed by atoms with Gasteiger partial charge in [0.15, 0.2) is 0 Å². The first-order valence-corrected chi connectivity index (χ1v) is 6.67. The number of hydrogen-bond donors (Lipinski definition) is 2. The smallest absolute Gasteiger partial charge is 0.253 e. The first kappa shape index (κ1) is 16.5. The van der Waals surface area contributed by atoms with Crippen molar-refractivity contribution in [3.05, 3.63) is 24.3 Å². The van der Waals surface area contributed by atoms with Crippen LogP contribution in [0.2, 0.25) is 0 Å². The van der Waals surface area contributed by atoms with Crippen LogP contribution < -0.4 is 11.1 Å². The average Bonchev–Trinajstić information content (AvgIpc) is 2.41. The SMILES string of the molecule is COC(C)(C)CCOC(C)C(=O)Nc1ccc(N)cc1. The monoisotopic (exact) mass is 280 g/mol. The highest BCUT2D eigenvalue weighted by molar-refractivity contribution is 5.94. The Bertz CT molecular complexity index is 429. The summed E-state index contributed by atoms with van der Waals surface area (Å²) >= 11 is 0. The zero-order chi connectivity index (χ0) is 15.2. The maximum absolute atomic E-state index is 11.9. The zero-order valence-electron chi connectivity index (χ0n) is 12.6. The van der Waals surface area contributed by atoms with E-state index in [4.69, 9.17) is 15.2 Å². The van der Waals surface area contributed by atoms with Gasteiger partial charge in [-0.1, -0.05) is 0 Å². The van der Waals surface area contributed by atoms with Gasteiger partial charge in [-0.25, -0.2) is 0 Å². The minimum atomic E-state index is -0.514. The summed E-state index contributed by atoms with van der Waals surface area (Å²) in [6.07, 6.45) is 0.211. The van der Waals surface area contributed by atoms with Gasteiger partial charge in [0.1, 0.15) is 6.10 Å². The fraction of sp³-hybridized carbons (Fsp3) is 0.533. The Morgan fingerprint density at radius 2 is 1.95 bits per heavy atom. The Morgan fingerprint density at radius 1 is 1.35 bits per heavy atom. The largest absolute Gasteiger partial charge is 0.399 e. The molecule has 0 aromatic heterocycles. The number of nitrogens with one attached hydrogen (secondary N) is 1. The van der Waals surface area contributed by atoms with Gasteiger partial charge in [-0.3, -0.25) is 4.79 Å². The number of anilines is 2. The van der Waals surface area contributed by atoms with Crippen LogP contribution in [0.25, 0.3) is 0 Å². The summed E-state index contributed by atoms with van der Waals surface area (Å²) in [6, 6.07) is 6.99. The van der Waals surface area contributed by atoms with E-state index in [0.717, 1.165) is 6.42 Å². The third kappa shape index (κ3) is 5.59. The standard InChI is InChI=1S/C15H24N2O3/c1-11(20-10-9-15(2,3)19-4)14(18)17-13-7-5-12(16)6-8-13/h5-8,11H,9-10,16H2,1-4H3,(H,17,18). The van der Waals surface area contributed by atoms with Crippen molar-refractivity contribution in [2.45, 2.75) is 38.9 Å². The molecule has 1 amide bonds. The minimum absolute atomic E-state index is 0.176. The van der Waals surface area contributed by atoms with Crippen molar-refractivity contribution < 1.29 is 14.3 Å². The summed E-state index contributed by atoms with van der Waals surface area (Å²) in [5.74, 6) is -0.176. The van der Waals surface area contributed by atoms with E-state index < -0.39 is 6.10 Å². The third-order valence-electron chi connectivity index (χ3n) is 3.17. The van der Waals surface area contributed by atoms with Crippen molar-refractivity contribution in [3.63, 3.8) is 0 Å². The van der Waals surface area contributed by atoms with Crippen molar-refractivity contribution in [2.24, 2.45) is 0 Å². The molecule has 3 N–H and O–H groups in total. The highest BCUT2D eigenvalue weighted by Gasteiger charge is 2.18. The average molecular weight is 280 g/mol. The molecular weight excluding hydrogens is 256 g/mol. The molecule has 0 saturated heterocycles. The van der Waals surface area contributed by atoms with Crippen LogP contribution in [0.5, 0.6) is 0 Å². The molecule has 1 rings (SSSR count). The molecule has 0 aliphatic carbocycles. The van der Waals surface area contributed by atoms with Gasteiger partial charge >= 0.3 is 0 Å². The van der Waals surface area contributed by atoms with Gasteiger partial charge in [-0.2, -0.15) is 0 Å². The Labute approximate surface area is 120 Å². The van der Waals surface area contributed by atoms with E-state index in [1.165, 1.54) is 0 Å². The van der Waals surface area contributed by atoms with E-state index in [1.54, 1.807) is 38.3 Å². The van der Waals surface area contributed by atoms with E-state index >= 15 is 0 Å². The lowest BCUT2D eigenvalue weighted by atomic mass is 10.1. The van der Waals surface area contributed by atoms with Gasteiger partial charge in [-0.15, -0.1) is 0 Å². The van der Waals surface area contributed by atoms with Gasteiger partial charge in [-0.05, 0) is 51.5 Å². The predicted molar refractivity (Wildman–Crippen MR) is 80.6 cm³/mol. The number of rotatable bonds is 7. The van der Waals surface area contributed by atoms with Crippen molar-refractivity contribution >= 4 is 17.3 Å². The van der Waals surface area contributed by atoms with Crippen LogP contribution in [0.1, 0.15) is 27.2 Å². The van der Waals surface area contributed by atoms with Crippen LogP contribution in [0.15, 0.2) is 24.3 Å². The first-order chi connectivity index (χ1) is 9.34. The third-order valence-corrected chi connectivity index (χ3v) is 3.17. The topological polar surface area (TPSA) is 73.6 Å². The molecule has 0 spiro atoms. The number of nitrogens with two attached hydrogens (primary N) is 1. The molecule has 1 aromatic carbocycles. The number of methoxy groups -OCH3 is 1. The molecule has 112 valence electrons. The van der Waals surface area contributed by atoms with Gasteiger partial charge in [0.2, 0.25) is 0 Å². The quantitative estimate of drug-likeness (QED) is 0.752. The van der Waals surface area contributed by atoms with Gasteiger partial charge in [0.05, 0.1) is 12.2 Å². The molecule has 1 atom stereocenters. The van der Waals surface area contributed by atoms with Crippen LogP contribution in [0, 0.1) is 0 Å². The Morgan fingerprint density at radius 3 is 2.50 bits per heavy atom. The van der Waals surface area contributed by atoms with Crippen LogP contribution in [-0.2, 0) is 14.3 Å². The maximum Gasteiger partial charge on any atom is 0.253 e. The number of amides is 1. The van der Waals surface area contributed by atoms with E-state index in [2.05, 4.69) is 5.32 Å². The lowest BCUT2D eigenvalue weighted by molar-refractivity contribution is -0.127. The molecular formula is C15H24N2O3. The normalized spacial score (nSPS) is 13.0. The Balaban J connectivity index is 2.38. The number of ether oxygens (including phenoxy) is 2. The van der Waals surface area contributed by atoms with E-state index in [1.807, 2.05) is 13.8 Å². The summed E-state index contributed by atoms with van der Waals surface area (Å²) < 4.78 is 10.8. The zero-order valence-corrected chi connectivity index (χ0v) is 12.6. The molecule has 5 heteroatoms. The fourth-order valence-electron chi connectivity index (χ4n) is 1.47. The maximum atomic E-state index is 11.9. The van der Waals surface area contributed by atoms with Gasteiger partial charge < -0.3 is 20.5 Å². The predicted octanol–water partition coefficient (Wildman–Crippen LogP) is 2.43. The molecule has 0 saturated carbocycles. The lowest BCUT2D eigenvalue weighted by Crippen LogP contribution is -2.30. The van der Waals surface area contributed by atoms with Crippen molar-refractivity contribution in [3.8, 4) is 0 Å². The van der Waals surface area contributed by atoms with Crippen molar-refractivity contribution in [2.75, 3.05) is 24.8 Å². The van der Waals surface area contributed by atoms with Crippen LogP contribution in [0.3, 0.4) is 0 Å². The highest BCUT2D eigenvalue weighted by atomic mass is 16.5. The summed E-state index contributed by atoms with van der Waals surface area (Å²) in [4.78, 5) is 11.9. The Hall–Kier alpha value is -1.59. The summed E-state index contributed by atoms with van der Waals surface area (Å²) in [6.45, 7) is 6.16. The van der Waals surface area contributed by atoms with E-state index in [0.29, 0.717) is 18.0 Å². The lowest BCUT2D eigenvalue weighted by Gasteiger charge is -2.23. The van der Waals surface area contributed by atoms with Crippen molar-refractivity contribution in [1.29, 1.82) is 0 Å². The Kier molecular flexibility index (Phi) is 5.98. The number of hydrogen-bond acceptors (Lipinski definition) is 4. The van der Waals surface area contributed by atoms with Crippen LogP contribution in [-0.4, -0.2) is 31.3 Å². The summed E-state index contributed by atoms with van der Waals surface area (Å²) in [5, 5.41) is 2.78. The first-order valence-electron chi connectivity index (χ1n) is 6.67. The molecule has 1 unspecified atom stereocenters. The molecule has 0 radical (unpaired) electrons. The second kappa shape index (κ2) is 7.26. The fourth-order valence-corrected chi connectivity index (χ4v) is 1.47. The number of carbonyl (C=O) groups excluding carboxylic acids is 1. The number of carbonyl (C=O) groups is 1. The van der Waals surface area contributed by atoms with Gasteiger partial charge in [0, 0.05) is 18.5 Å². The molecule has 0 aliphatic heterocycles. The second-order valence-corrected chi connectivity index (χ2v) is 5.34. The molecule has 5 nitrogen and oxygen atoms in total. The summed E-state index contributed by atoms with van der Waals surface area (Å²) in [5.41, 5.74) is 6.71. The van der Waals surface area contributed by atoms with Crippen molar-refractivity contribution in [1.82, 2.24) is 0 Å². The summed E-state index contributed by atoms with van der Waals surface area (Å²) in [7, 11) is 1.66. The molecule has 1 aromatic rings. The number of nitrogen functional groups attached to an aromatic ring is 1. The second-order valence-electron chi connectivity index (χ2n) is 5.34. The van der Waals surface area contributed by atoms with Gasteiger partial charge in [0.25, 0.3) is 5.91 Å². The van der Waals surface area contributed by atoms with E-state index in [9.17, 15) is 4.79 Å². The van der Waals surface area contributed by atoms with Crippen LogP contribution in [0.4, 0.5) is 11.4 Å². The molecule has 0 heterocycles. The highest BCUT2D eigenvalue weighted by Crippen LogP contribution is 2.14. The minimum Gasteiger partial charge on any atom is -0.399 e. The molecule has 0 aliphatic rings. The van der Waals surface area contributed by atoms with Crippen LogP contribution >= 0.6 is 0 Å². The van der Waals surface area contributed by atoms with E-state index in [-0.39, 0.29) is 11.5 Å². The molecule has 0 bridgehead atoms.